The Morgan fingerprint density at radius 1 is 1.40 bits per heavy atom. The third-order valence-electron chi connectivity index (χ3n) is 2.16. The molecule has 0 bridgehead atoms. The molecule has 0 saturated carbocycles. The van der Waals surface area contributed by atoms with Crippen LogP contribution >= 0.6 is 38.6 Å². The summed E-state index contributed by atoms with van der Waals surface area (Å²) in [5, 5.41) is 4.25. The maximum atomic E-state index is 5.58. The fourth-order valence-electron chi connectivity index (χ4n) is 1.40. The van der Waals surface area contributed by atoms with E-state index in [4.69, 9.17) is 5.84 Å². The predicted molar refractivity (Wildman–Crippen MR) is 70.1 cm³/mol. The summed E-state index contributed by atoms with van der Waals surface area (Å²) in [6, 6.07) is 6.50. The van der Waals surface area contributed by atoms with Gasteiger partial charge in [-0.05, 0) is 56.9 Å². The van der Waals surface area contributed by atoms with Crippen molar-refractivity contribution in [2.75, 3.05) is 0 Å². The zero-order chi connectivity index (χ0) is 10.7. The van der Waals surface area contributed by atoms with Gasteiger partial charge in [-0.2, -0.15) is 11.3 Å². The molecule has 0 aromatic carbocycles. The number of hydrogen-bond donors (Lipinski definition) is 2. The number of thiophene rings is 2. The van der Waals surface area contributed by atoms with Crippen LogP contribution in [0.2, 0.25) is 0 Å². The number of hydrazine groups is 1. The molecule has 5 heteroatoms. The molecular formula is C10H11BrN2S2. The van der Waals surface area contributed by atoms with E-state index in [-0.39, 0.29) is 6.04 Å². The molecule has 0 amide bonds. The van der Waals surface area contributed by atoms with E-state index in [1.54, 1.807) is 22.7 Å². The summed E-state index contributed by atoms with van der Waals surface area (Å²) >= 11 is 6.90. The maximum absolute atomic E-state index is 5.58. The molecule has 0 radical (unpaired) electrons. The lowest BCUT2D eigenvalue weighted by Gasteiger charge is -2.12. The van der Waals surface area contributed by atoms with Crippen molar-refractivity contribution < 1.29 is 0 Å². The minimum Gasteiger partial charge on any atom is -0.271 e. The quantitative estimate of drug-likeness (QED) is 0.672. The van der Waals surface area contributed by atoms with Crippen molar-refractivity contribution in [1.29, 1.82) is 0 Å². The van der Waals surface area contributed by atoms with Gasteiger partial charge in [-0.3, -0.25) is 11.3 Å². The number of halogens is 1. The van der Waals surface area contributed by atoms with Crippen molar-refractivity contribution >= 4 is 38.6 Å². The Morgan fingerprint density at radius 2 is 2.27 bits per heavy atom. The Morgan fingerprint density at radius 3 is 2.80 bits per heavy atom. The fourth-order valence-corrected chi connectivity index (χ4v) is 3.57. The topological polar surface area (TPSA) is 38.0 Å². The van der Waals surface area contributed by atoms with Gasteiger partial charge in [0.25, 0.3) is 0 Å². The molecule has 2 aromatic heterocycles. The van der Waals surface area contributed by atoms with E-state index >= 15 is 0 Å². The van der Waals surface area contributed by atoms with Crippen LogP contribution in [0.15, 0.2) is 32.7 Å². The molecule has 0 saturated heterocycles. The average Bonchev–Trinajstić information content (AvgIpc) is 2.85. The van der Waals surface area contributed by atoms with E-state index in [1.807, 2.05) is 0 Å². The highest BCUT2D eigenvalue weighted by atomic mass is 79.9. The van der Waals surface area contributed by atoms with E-state index in [9.17, 15) is 0 Å². The van der Waals surface area contributed by atoms with Gasteiger partial charge in [0.1, 0.15) is 0 Å². The normalized spacial score (nSPS) is 12.9. The Labute approximate surface area is 105 Å². The van der Waals surface area contributed by atoms with Gasteiger partial charge in [0.2, 0.25) is 0 Å². The van der Waals surface area contributed by atoms with Crippen molar-refractivity contribution in [1.82, 2.24) is 5.43 Å². The molecule has 1 unspecified atom stereocenters. The smallest absolute Gasteiger partial charge is 0.0702 e. The van der Waals surface area contributed by atoms with Crippen LogP contribution in [-0.4, -0.2) is 0 Å². The highest BCUT2D eigenvalue weighted by molar-refractivity contribution is 9.11. The monoisotopic (exact) mass is 302 g/mol. The number of nitrogens with two attached hydrogens (primary N) is 1. The Kier molecular flexibility index (Phi) is 3.93. The predicted octanol–water partition coefficient (Wildman–Crippen LogP) is 3.32. The van der Waals surface area contributed by atoms with Gasteiger partial charge in [-0.25, -0.2) is 0 Å². The summed E-state index contributed by atoms with van der Waals surface area (Å²) < 4.78 is 1.14. The summed E-state index contributed by atoms with van der Waals surface area (Å²) in [4.78, 5) is 1.26. The summed E-state index contributed by atoms with van der Waals surface area (Å²) in [7, 11) is 0. The molecule has 80 valence electrons. The van der Waals surface area contributed by atoms with Crippen molar-refractivity contribution in [2.45, 2.75) is 12.5 Å². The van der Waals surface area contributed by atoms with Crippen LogP contribution in [0.5, 0.6) is 0 Å². The minimum absolute atomic E-state index is 0.205. The lowest BCUT2D eigenvalue weighted by molar-refractivity contribution is 0.561. The average molecular weight is 303 g/mol. The molecule has 1 atom stereocenters. The van der Waals surface area contributed by atoms with Crippen LogP contribution in [0.3, 0.4) is 0 Å². The van der Waals surface area contributed by atoms with Crippen LogP contribution in [0.25, 0.3) is 0 Å². The van der Waals surface area contributed by atoms with Crippen molar-refractivity contribution in [3.63, 3.8) is 0 Å². The lowest BCUT2D eigenvalue weighted by atomic mass is 10.1. The summed E-state index contributed by atoms with van der Waals surface area (Å²) in [5.41, 5.74) is 4.19. The van der Waals surface area contributed by atoms with Gasteiger partial charge >= 0.3 is 0 Å². The maximum Gasteiger partial charge on any atom is 0.0702 e. The van der Waals surface area contributed by atoms with Crippen LogP contribution in [0.4, 0.5) is 0 Å². The van der Waals surface area contributed by atoms with E-state index in [0.29, 0.717) is 0 Å². The molecule has 0 aliphatic heterocycles. The van der Waals surface area contributed by atoms with Gasteiger partial charge < -0.3 is 0 Å². The van der Waals surface area contributed by atoms with E-state index in [2.05, 4.69) is 50.3 Å². The van der Waals surface area contributed by atoms with Gasteiger partial charge in [0.05, 0.1) is 9.83 Å². The second-order valence-electron chi connectivity index (χ2n) is 3.20. The first-order chi connectivity index (χ1) is 7.29. The largest absolute Gasteiger partial charge is 0.271 e. The third-order valence-corrected chi connectivity index (χ3v) is 4.63. The standard InChI is InChI=1S/C10H11BrN2S2/c11-10-2-1-9(15-10)8(13-12)5-7-3-4-14-6-7/h1-4,6,8,13H,5,12H2. The zero-order valence-corrected chi connectivity index (χ0v) is 11.2. The molecule has 0 aliphatic rings. The molecular weight excluding hydrogens is 292 g/mol. The van der Waals surface area contributed by atoms with Gasteiger partial charge in [0.15, 0.2) is 0 Å². The number of nitrogens with one attached hydrogen (secondary N) is 1. The third kappa shape index (κ3) is 2.89. The Hall–Kier alpha value is -0.200. The SMILES string of the molecule is NNC(Cc1ccsc1)c1ccc(Br)s1. The number of rotatable bonds is 4. The Bertz CT molecular complexity index is 411. The van der Waals surface area contributed by atoms with Gasteiger partial charge in [0, 0.05) is 4.88 Å². The van der Waals surface area contributed by atoms with E-state index in [1.165, 1.54) is 10.4 Å². The Balaban J connectivity index is 2.11. The molecule has 15 heavy (non-hydrogen) atoms. The van der Waals surface area contributed by atoms with Crippen LogP contribution < -0.4 is 11.3 Å². The summed E-state index contributed by atoms with van der Waals surface area (Å²) in [6.45, 7) is 0. The first-order valence-corrected chi connectivity index (χ1v) is 7.07. The first-order valence-electron chi connectivity index (χ1n) is 4.52. The van der Waals surface area contributed by atoms with Crippen LogP contribution in [-0.2, 0) is 6.42 Å². The van der Waals surface area contributed by atoms with E-state index in [0.717, 1.165) is 10.2 Å². The number of hydrogen-bond acceptors (Lipinski definition) is 4. The highest BCUT2D eigenvalue weighted by Crippen LogP contribution is 2.29. The fraction of sp³-hybridized carbons (Fsp3) is 0.200. The van der Waals surface area contributed by atoms with E-state index < -0.39 is 0 Å². The highest BCUT2D eigenvalue weighted by Gasteiger charge is 2.12. The van der Waals surface area contributed by atoms with Crippen molar-refractivity contribution in [3.05, 3.63) is 43.2 Å². The summed E-state index contributed by atoms with van der Waals surface area (Å²) in [6.07, 6.45) is 0.937. The van der Waals surface area contributed by atoms with Crippen molar-refractivity contribution in [3.8, 4) is 0 Å². The van der Waals surface area contributed by atoms with Gasteiger partial charge in [-0.15, -0.1) is 11.3 Å². The van der Waals surface area contributed by atoms with Crippen molar-refractivity contribution in [2.24, 2.45) is 5.84 Å². The first kappa shape index (κ1) is 11.3. The molecule has 0 fully saturated rings. The molecule has 2 rings (SSSR count). The zero-order valence-electron chi connectivity index (χ0n) is 7.94. The van der Waals surface area contributed by atoms with Gasteiger partial charge in [-0.1, -0.05) is 0 Å². The summed E-state index contributed by atoms with van der Waals surface area (Å²) in [5.74, 6) is 5.58. The second-order valence-corrected chi connectivity index (χ2v) is 6.47. The molecule has 3 N–H and O–H groups in total. The molecule has 2 heterocycles. The molecule has 0 aliphatic carbocycles. The van der Waals surface area contributed by atoms with Crippen LogP contribution in [0, 0.1) is 0 Å². The van der Waals surface area contributed by atoms with Crippen LogP contribution in [0.1, 0.15) is 16.5 Å². The second kappa shape index (κ2) is 5.23. The molecule has 0 spiro atoms. The minimum atomic E-state index is 0.205. The lowest BCUT2D eigenvalue weighted by Crippen LogP contribution is -2.28. The molecule has 2 aromatic rings. The molecule has 2 nitrogen and oxygen atoms in total.